The van der Waals surface area contributed by atoms with E-state index >= 15 is 0 Å². The van der Waals surface area contributed by atoms with Gasteiger partial charge in [-0.3, -0.25) is 9.48 Å². The molecule has 0 N–H and O–H groups in total. The molecule has 0 fully saturated rings. The van der Waals surface area contributed by atoms with Crippen LogP contribution < -0.4 is 0 Å². The predicted octanol–water partition coefficient (Wildman–Crippen LogP) is 2.31. The van der Waals surface area contributed by atoms with Gasteiger partial charge in [-0.05, 0) is 34.1 Å². The number of rotatable bonds is 5. The molecule has 0 radical (unpaired) electrons. The monoisotopic (exact) mass is 374 g/mol. The molecule has 1 aromatic carbocycles. The molecule has 0 saturated heterocycles. The Morgan fingerprint density at radius 3 is 2.71 bits per heavy atom. The minimum atomic E-state index is -3.12. The SMILES string of the molecule is CS(=O)(=O)CCn1cc(C=O)c(-c2ccc(F)cc2Br)n1. The number of aryl methyl sites for hydroxylation is 1. The van der Waals surface area contributed by atoms with Gasteiger partial charge in [0.25, 0.3) is 0 Å². The van der Waals surface area contributed by atoms with Crippen LogP contribution in [-0.2, 0) is 16.4 Å². The molecule has 0 aliphatic carbocycles. The van der Waals surface area contributed by atoms with Crippen molar-refractivity contribution in [1.82, 2.24) is 9.78 Å². The van der Waals surface area contributed by atoms with Crippen molar-refractivity contribution in [2.75, 3.05) is 12.0 Å². The van der Waals surface area contributed by atoms with Gasteiger partial charge in [0.1, 0.15) is 21.3 Å². The Kier molecular flexibility index (Phi) is 4.58. The van der Waals surface area contributed by atoms with E-state index in [1.807, 2.05) is 0 Å². The van der Waals surface area contributed by atoms with Gasteiger partial charge in [0, 0.05) is 22.5 Å². The number of hydrogen-bond acceptors (Lipinski definition) is 4. The first-order valence-corrected chi connectivity index (χ1v) is 8.81. The molecule has 1 heterocycles. The van der Waals surface area contributed by atoms with Gasteiger partial charge < -0.3 is 0 Å². The quantitative estimate of drug-likeness (QED) is 0.753. The molecular formula is C13H12BrFN2O3S. The fourth-order valence-electron chi connectivity index (χ4n) is 1.79. The number of nitrogens with zero attached hydrogens (tertiary/aromatic N) is 2. The lowest BCUT2D eigenvalue weighted by Crippen LogP contribution is -2.11. The molecule has 0 saturated carbocycles. The topological polar surface area (TPSA) is 69.0 Å². The normalized spacial score (nSPS) is 11.6. The first kappa shape index (κ1) is 15.8. The van der Waals surface area contributed by atoms with E-state index in [0.717, 1.165) is 6.26 Å². The fraction of sp³-hybridized carbons (Fsp3) is 0.231. The van der Waals surface area contributed by atoms with Crippen molar-refractivity contribution in [3.8, 4) is 11.3 Å². The molecule has 8 heteroatoms. The van der Waals surface area contributed by atoms with Gasteiger partial charge in [-0.25, -0.2) is 12.8 Å². The standard InChI is InChI=1S/C13H12BrFN2O3S/c1-21(19,20)5-4-17-7-9(8-18)13(16-17)11-3-2-10(15)6-12(11)14/h2-3,6-8H,4-5H2,1H3. The first-order valence-electron chi connectivity index (χ1n) is 5.96. The Morgan fingerprint density at radius 1 is 1.43 bits per heavy atom. The zero-order chi connectivity index (χ0) is 15.6. The lowest BCUT2D eigenvalue weighted by molar-refractivity contribution is 0.112. The third-order valence-corrected chi connectivity index (χ3v) is 4.37. The van der Waals surface area contributed by atoms with E-state index in [-0.39, 0.29) is 12.3 Å². The van der Waals surface area contributed by atoms with Crippen LogP contribution in [0.3, 0.4) is 0 Å². The van der Waals surface area contributed by atoms with Crippen molar-refractivity contribution >= 4 is 32.1 Å². The molecule has 0 unspecified atom stereocenters. The Bertz CT molecular complexity index is 787. The lowest BCUT2D eigenvalue weighted by Gasteiger charge is -2.02. The lowest BCUT2D eigenvalue weighted by atomic mass is 10.1. The minimum absolute atomic E-state index is 0.0724. The smallest absolute Gasteiger partial charge is 0.153 e. The van der Waals surface area contributed by atoms with E-state index in [9.17, 15) is 17.6 Å². The van der Waals surface area contributed by atoms with Crippen LogP contribution in [0.25, 0.3) is 11.3 Å². The Morgan fingerprint density at radius 2 is 2.14 bits per heavy atom. The van der Waals surface area contributed by atoms with Crippen LogP contribution in [0.15, 0.2) is 28.9 Å². The molecule has 2 rings (SSSR count). The van der Waals surface area contributed by atoms with E-state index in [0.29, 0.717) is 27.6 Å². The average Bonchev–Trinajstić information content (AvgIpc) is 2.79. The van der Waals surface area contributed by atoms with Crippen LogP contribution in [0.4, 0.5) is 4.39 Å². The van der Waals surface area contributed by atoms with Gasteiger partial charge in [-0.2, -0.15) is 5.10 Å². The summed E-state index contributed by atoms with van der Waals surface area (Å²) in [5.41, 5.74) is 1.26. The Balaban J connectivity index is 2.39. The summed E-state index contributed by atoms with van der Waals surface area (Å²) in [6, 6.07) is 4.05. The van der Waals surface area contributed by atoms with Crippen LogP contribution in [0.2, 0.25) is 0 Å². The van der Waals surface area contributed by atoms with E-state index in [2.05, 4.69) is 21.0 Å². The summed E-state index contributed by atoms with van der Waals surface area (Å²) in [7, 11) is -3.12. The molecular weight excluding hydrogens is 363 g/mol. The number of carbonyl (C=O) groups excluding carboxylic acids is 1. The Labute approximate surface area is 129 Å². The van der Waals surface area contributed by atoms with Gasteiger partial charge in [-0.1, -0.05) is 0 Å². The van der Waals surface area contributed by atoms with Gasteiger partial charge in [0.15, 0.2) is 6.29 Å². The molecule has 5 nitrogen and oxygen atoms in total. The second kappa shape index (κ2) is 6.07. The maximum atomic E-state index is 13.1. The molecule has 0 bridgehead atoms. The zero-order valence-corrected chi connectivity index (χ0v) is 13.5. The van der Waals surface area contributed by atoms with Crippen molar-refractivity contribution < 1.29 is 17.6 Å². The molecule has 0 aliphatic heterocycles. The molecule has 1 aromatic heterocycles. The van der Waals surface area contributed by atoms with Crippen LogP contribution in [-0.4, -0.2) is 36.5 Å². The average molecular weight is 375 g/mol. The predicted molar refractivity (Wildman–Crippen MR) is 80.4 cm³/mol. The minimum Gasteiger partial charge on any atom is -0.298 e. The number of aldehydes is 1. The first-order chi connectivity index (χ1) is 9.80. The summed E-state index contributed by atoms with van der Waals surface area (Å²) >= 11 is 3.23. The van der Waals surface area contributed by atoms with Crippen LogP contribution in [0, 0.1) is 5.82 Å². The Hall–Kier alpha value is -1.54. The fourth-order valence-corrected chi connectivity index (χ4v) is 2.85. The van der Waals surface area contributed by atoms with Crippen LogP contribution in [0.1, 0.15) is 10.4 Å². The largest absolute Gasteiger partial charge is 0.298 e. The second-order valence-corrected chi connectivity index (χ2v) is 7.68. The number of carbonyl (C=O) groups is 1. The zero-order valence-electron chi connectivity index (χ0n) is 11.1. The second-order valence-electron chi connectivity index (χ2n) is 4.57. The number of benzene rings is 1. The summed E-state index contributed by atoms with van der Waals surface area (Å²) in [6.45, 7) is 0.151. The number of sulfone groups is 1. The number of hydrogen-bond donors (Lipinski definition) is 0. The summed E-state index contributed by atoms with van der Waals surface area (Å²) in [5, 5.41) is 4.21. The summed E-state index contributed by atoms with van der Waals surface area (Å²) in [6.07, 6.45) is 3.24. The van der Waals surface area contributed by atoms with E-state index in [4.69, 9.17) is 0 Å². The van der Waals surface area contributed by atoms with Crippen LogP contribution in [0.5, 0.6) is 0 Å². The maximum absolute atomic E-state index is 13.1. The molecule has 21 heavy (non-hydrogen) atoms. The van der Waals surface area contributed by atoms with Crippen molar-refractivity contribution in [3.05, 3.63) is 40.2 Å². The third kappa shape index (κ3) is 3.98. The third-order valence-electron chi connectivity index (χ3n) is 2.79. The highest BCUT2D eigenvalue weighted by Gasteiger charge is 2.14. The molecule has 0 aliphatic rings. The highest BCUT2D eigenvalue weighted by molar-refractivity contribution is 9.10. The van der Waals surface area contributed by atoms with Crippen molar-refractivity contribution in [2.24, 2.45) is 0 Å². The molecule has 0 spiro atoms. The molecule has 2 aromatic rings. The van der Waals surface area contributed by atoms with Gasteiger partial charge in [-0.15, -0.1) is 0 Å². The van der Waals surface area contributed by atoms with Gasteiger partial charge in [0.2, 0.25) is 0 Å². The van der Waals surface area contributed by atoms with Crippen molar-refractivity contribution in [3.63, 3.8) is 0 Å². The summed E-state index contributed by atoms with van der Waals surface area (Å²) in [5.74, 6) is -0.480. The van der Waals surface area contributed by atoms with E-state index in [1.165, 1.54) is 29.1 Å². The molecule has 0 amide bonds. The summed E-state index contributed by atoms with van der Waals surface area (Å²) < 4.78 is 37.3. The van der Waals surface area contributed by atoms with Crippen molar-refractivity contribution in [2.45, 2.75) is 6.54 Å². The molecule has 112 valence electrons. The number of halogens is 2. The highest BCUT2D eigenvalue weighted by Crippen LogP contribution is 2.29. The maximum Gasteiger partial charge on any atom is 0.153 e. The number of aromatic nitrogens is 2. The van der Waals surface area contributed by atoms with E-state index in [1.54, 1.807) is 0 Å². The van der Waals surface area contributed by atoms with E-state index < -0.39 is 15.7 Å². The summed E-state index contributed by atoms with van der Waals surface area (Å²) in [4.78, 5) is 11.1. The van der Waals surface area contributed by atoms with Gasteiger partial charge in [0.05, 0.1) is 17.9 Å². The van der Waals surface area contributed by atoms with Crippen molar-refractivity contribution in [1.29, 1.82) is 0 Å². The van der Waals surface area contributed by atoms with Crippen LogP contribution >= 0.6 is 15.9 Å². The highest BCUT2D eigenvalue weighted by atomic mass is 79.9. The molecule has 0 atom stereocenters. The van der Waals surface area contributed by atoms with Gasteiger partial charge >= 0.3 is 0 Å².